The van der Waals surface area contributed by atoms with E-state index in [9.17, 15) is 4.79 Å². The number of carboxylic acids is 1. The van der Waals surface area contributed by atoms with E-state index in [2.05, 4.69) is 5.10 Å². The van der Waals surface area contributed by atoms with Crippen LogP contribution in [0.2, 0.25) is 5.02 Å². The molecule has 88 valence electrons. The van der Waals surface area contributed by atoms with Crippen molar-refractivity contribution >= 4 is 17.6 Å². The van der Waals surface area contributed by atoms with Crippen LogP contribution in [0, 0.1) is 0 Å². The van der Waals surface area contributed by atoms with Crippen LogP contribution >= 0.6 is 11.6 Å². The molecule has 0 atom stereocenters. The van der Waals surface area contributed by atoms with Crippen LogP contribution in [0.15, 0.2) is 30.3 Å². The molecule has 1 N–H and O–H groups in total. The third-order valence-electron chi connectivity index (χ3n) is 2.19. The molecule has 1 heterocycles. The standard InChI is InChI=1S/C11H9ClN2O3/c1-17-10-6-9(11(15)16)14(13-10)8-4-2-7(12)3-5-8/h2-6H,1H3,(H,15,16). The molecular weight excluding hydrogens is 244 g/mol. The molecule has 17 heavy (non-hydrogen) atoms. The third kappa shape index (κ3) is 2.24. The second kappa shape index (κ2) is 4.47. The quantitative estimate of drug-likeness (QED) is 0.910. The lowest BCUT2D eigenvalue weighted by atomic mass is 10.3. The molecule has 5 nitrogen and oxygen atoms in total. The number of methoxy groups -OCH3 is 1. The molecule has 2 rings (SSSR count). The molecule has 6 heteroatoms. The monoisotopic (exact) mass is 252 g/mol. The van der Waals surface area contributed by atoms with E-state index in [4.69, 9.17) is 21.4 Å². The molecule has 0 aliphatic rings. The maximum atomic E-state index is 11.0. The highest BCUT2D eigenvalue weighted by Gasteiger charge is 2.15. The molecule has 1 aromatic carbocycles. The number of hydrogen-bond donors (Lipinski definition) is 1. The molecule has 2 aromatic rings. The minimum absolute atomic E-state index is 0.0316. The lowest BCUT2D eigenvalue weighted by Gasteiger charge is -2.03. The molecule has 0 aliphatic heterocycles. The number of rotatable bonds is 3. The Morgan fingerprint density at radius 3 is 2.59 bits per heavy atom. The van der Waals surface area contributed by atoms with Crippen LogP contribution < -0.4 is 4.74 Å². The summed E-state index contributed by atoms with van der Waals surface area (Å²) < 4.78 is 6.20. The molecule has 0 radical (unpaired) electrons. The largest absolute Gasteiger partial charge is 0.480 e. The van der Waals surface area contributed by atoms with Crippen molar-refractivity contribution in [1.29, 1.82) is 0 Å². The van der Waals surface area contributed by atoms with Gasteiger partial charge in [0.1, 0.15) is 0 Å². The second-order valence-electron chi connectivity index (χ2n) is 3.27. The topological polar surface area (TPSA) is 64.3 Å². The van der Waals surface area contributed by atoms with Crippen molar-refractivity contribution in [3.8, 4) is 11.6 Å². The van der Waals surface area contributed by atoms with Crippen LogP contribution in [0.1, 0.15) is 10.5 Å². The van der Waals surface area contributed by atoms with Crippen LogP contribution in [0.3, 0.4) is 0 Å². The first-order valence-corrected chi connectivity index (χ1v) is 5.13. The van der Waals surface area contributed by atoms with E-state index < -0.39 is 5.97 Å². The van der Waals surface area contributed by atoms with Crippen LogP contribution in [-0.4, -0.2) is 28.0 Å². The minimum atomic E-state index is -1.07. The van der Waals surface area contributed by atoms with Gasteiger partial charge in [-0.2, -0.15) is 0 Å². The molecule has 0 aliphatic carbocycles. The van der Waals surface area contributed by atoms with Gasteiger partial charge in [0.2, 0.25) is 5.88 Å². The molecule has 0 unspecified atom stereocenters. The lowest BCUT2D eigenvalue weighted by molar-refractivity contribution is 0.0687. The van der Waals surface area contributed by atoms with Crippen molar-refractivity contribution in [1.82, 2.24) is 9.78 Å². The summed E-state index contributed by atoms with van der Waals surface area (Å²) in [7, 11) is 1.43. The zero-order valence-electron chi connectivity index (χ0n) is 8.92. The molecule has 0 spiro atoms. The van der Waals surface area contributed by atoms with Crippen molar-refractivity contribution in [2.75, 3.05) is 7.11 Å². The maximum absolute atomic E-state index is 11.0. The first kappa shape index (κ1) is 11.5. The van der Waals surface area contributed by atoms with Crippen LogP contribution in [0.5, 0.6) is 5.88 Å². The fraction of sp³-hybridized carbons (Fsp3) is 0.0909. The van der Waals surface area contributed by atoms with Crippen LogP contribution in [0.25, 0.3) is 5.69 Å². The Morgan fingerprint density at radius 2 is 2.06 bits per heavy atom. The van der Waals surface area contributed by atoms with Gasteiger partial charge >= 0.3 is 5.97 Å². The van der Waals surface area contributed by atoms with E-state index in [0.717, 1.165) is 0 Å². The van der Waals surface area contributed by atoms with Crippen molar-refractivity contribution in [3.63, 3.8) is 0 Å². The fourth-order valence-electron chi connectivity index (χ4n) is 1.39. The van der Waals surface area contributed by atoms with Crippen LogP contribution in [0.4, 0.5) is 0 Å². The summed E-state index contributed by atoms with van der Waals surface area (Å²) in [5.74, 6) is -0.826. The summed E-state index contributed by atoms with van der Waals surface area (Å²) in [5.41, 5.74) is 0.638. The maximum Gasteiger partial charge on any atom is 0.354 e. The van der Waals surface area contributed by atoms with Crippen molar-refractivity contribution in [3.05, 3.63) is 41.0 Å². The highest BCUT2D eigenvalue weighted by atomic mass is 35.5. The predicted octanol–water partition coefficient (Wildman–Crippen LogP) is 2.23. The van der Waals surface area contributed by atoms with Crippen molar-refractivity contribution < 1.29 is 14.6 Å². The van der Waals surface area contributed by atoms with Crippen molar-refractivity contribution in [2.24, 2.45) is 0 Å². The van der Waals surface area contributed by atoms with Gasteiger partial charge in [-0.25, -0.2) is 9.48 Å². The normalized spacial score (nSPS) is 10.2. The summed E-state index contributed by atoms with van der Waals surface area (Å²) in [6, 6.07) is 8.05. The molecule has 0 saturated carbocycles. The number of aromatic carboxylic acids is 1. The van der Waals surface area contributed by atoms with E-state index in [0.29, 0.717) is 10.7 Å². The number of ether oxygens (including phenoxy) is 1. The van der Waals surface area contributed by atoms with Crippen molar-refractivity contribution in [2.45, 2.75) is 0 Å². The highest BCUT2D eigenvalue weighted by molar-refractivity contribution is 6.30. The second-order valence-corrected chi connectivity index (χ2v) is 3.70. The number of carbonyl (C=O) groups is 1. The van der Waals surface area contributed by atoms with Gasteiger partial charge in [0, 0.05) is 11.1 Å². The average Bonchev–Trinajstić information content (AvgIpc) is 2.74. The summed E-state index contributed by atoms with van der Waals surface area (Å²) in [5, 5.41) is 13.6. The zero-order chi connectivity index (χ0) is 12.4. The van der Waals surface area contributed by atoms with E-state index >= 15 is 0 Å². The summed E-state index contributed by atoms with van der Waals surface area (Å²) >= 11 is 5.76. The van der Waals surface area contributed by atoms with Gasteiger partial charge in [-0.3, -0.25) is 0 Å². The van der Waals surface area contributed by atoms with Gasteiger partial charge in [-0.15, -0.1) is 5.10 Å². The molecule has 0 bridgehead atoms. The average molecular weight is 253 g/mol. The highest BCUT2D eigenvalue weighted by Crippen LogP contribution is 2.18. The number of halogens is 1. The molecule has 0 amide bonds. The van der Waals surface area contributed by atoms with Gasteiger partial charge in [-0.05, 0) is 24.3 Å². The van der Waals surface area contributed by atoms with E-state index in [-0.39, 0.29) is 11.6 Å². The summed E-state index contributed by atoms with van der Waals surface area (Å²) in [4.78, 5) is 11.0. The molecule has 1 aromatic heterocycles. The van der Waals surface area contributed by atoms with Gasteiger partial charge in [0.25, 0.3) is 0 Å². The number of hydrogen-bond acceptors (Lipinski definition) is 3. The van der Waals surface area contributed by atoms with E-state index in [1.165, 1.54) is 17.9 Å². The first-order chi connectivity index (χ1) is 8.11. The number of aromatic nitrogens is 2. The third-order valence-corrected chi connectivity index (χ3v) is 2.44. The fourth-order valence-corrected chi connectivity index (χ4v) is 1.52. The van der Waals surface area contributed by atoms with Gasteiger partial charge in [0.15, 0.2) is 5.69 Å². The van der Waals surface area contributed by atoms with E-state index in [1.807, 2.05) is 0 Å². The Bertz CT molecular complexity index is 548. The lowest BCUT2D eigenvalue weighted by Crippen LogP contribution is -2.07. The number of carboxylic acid groups (broad SMARTS) is 1. The molecular formula is C11H9ClN2O3. The van der Waals surface area contributed by atoms with Gasteiger partial charge in [0.05, 0.1) is 12.8 Å². The Morgan fingerprint density at radius 1 is 1.41 bits per heavy atom. The minimum Gasteiger partial charge on any atom is -0.480 e. The molecule has 0 fully saturated rings. The van der Waals surface area contributed by atoms with Gasteiger partial charge in [-0.1, -0.05) is 11.6 Å². The first-order valence-electron chi connectivity index (χ1n) is 4.75. The van der Waals surface area contributed by atoms with Gasteiger partial charge < -0.3 is 9.84 Å². The Balaban J connectivity index is 2.53. The predicted molar refractivity (Wildman–Crippen MR) is 62.1 cm³/mol. The zero-order valence-corrected chi connectivity index (χ0v) is 9.68. The Hall–Kier alpha value is -2.01. The van der Waals surface area contributed by atoms with Crippen LogP contribution in [-0.2, 0) is 0 Å². The Kier molecular flexibility index (Phi) is 3.01. The number of nitrogens with zero attached hydrogens (tertiary/aromatic N) is 2. The molecule has 0 saturated heterocycles. The smallest absolute Gasteiger partial charge is 0.354 e. The number of benzene rings is 1. The summed E-state index contributed by atoms with van der Waals surface area (Å²) in [6.07, 6.45) is 0. The SMILES string of the molecule is COc1cc(C(=O)O)n(-c2ccc(Cl)cc2)n1. The Labute approximate surface area is 102 Å². The summed E-state index contributed by atoms with van der Waals surface area (Å²) in [6.45, 7) is 0. The van der Waals surface area contributed by atoms with E-state index in [1.54, 1.807) is 24.3 Å².